The second kappa shape index (κ2) is 8.47. The molecular formula is C20H24N4OS. The fourth-order valence-electron chi connectivity index (χ4n) is 2.57. The van der Waals surface area contributed by atoms with Crippen LogP contribution in [-0.2, 0) is 4.74 Å². The van der Waals surface area contributed by atoms with Gasteiger partial charge < -0.3 is 4.74 Å². The van der Waals surface area contributed by atoms with Crippen molar-refractivity contribution in [2.75, 3.05) is 12.4 Å². The molecule has 0 fully saturated rings. The van der Waals surface area contributed by atoms with Crippen LogP contribution in [0.25, 0.3) is 17.1 Å². The number of hydrogen-bond donors (Lipinski definition) is 0. The minimum Gasteiger partial charge on any atom is -0.378 e. The Morgan fingerprint density at radius 2 is 1.81 bits per heavy atom. The van der Waals surface area contributed by atoms with Crippen molar-refractivity contribution in [3.05, 3.63) is 53.9 Å². The second-order valence-electron chi connectivity index (χ2n) is 6.41. The Labute approximate surface area is 158 Å². The quantitative estimate of drug-likeness (QED) is 0.455. The fraction of sp³-hybridized carbons (Fsp3) is 0.350. The molecule has 0 atom stereocenters. The Hall–Kier alpha value is -2.18. The predicted molar refractivity (Wildman–Crippen MR) is 106 cm³/mol. The van der Waals surface area contributed by atoms with Crippen molar-refractivity contribution in [3.63, 3.8) is 0 Å². The van der Waals surface area contributed by atoms with Crippen molar-refractivity contribution in [2.45, 2.75) is 39.0 Å². The molecule has 136 valence electrons. The third-order valence-corrected chi connectivity index (χ3v) is 4.98. The van der Waals surface area contributed by atoms with E-state index in [2.05, 4.69) is 51.8 Å². The van der Waals surface area contributed by atoms with Crippen LogP contribution >= 0.6 is 11.8 Å². The maximum absolute atomic E-state index is 5.65. The molecule has 0 amide bonds. The number of aromatic nitrogens is 4. The van der Waals surface area contributed by atoms with Gasteiger partial charge in [0.1, 0.15) is 0 Å². The molecule has 26 heavy (non-hydrogen) atoms. The van der Waals surface area contributed by atoms with E-state index in [-0.39, 0.29) is 6.10 Å². The molecule has 0 spiro atoms. The summed E-state index contributed by atoms with van der Waals surface area (Å²) in [5, 5.41) is 9.76. The minimum absolute atomic E-state index is 0.237. The van der Waals surface area contributed by atoms with Gasteiger partial charge in [-0.2, -0.15) is 0 Å². The Balaban J connectivity index is 1.97. The van der Waals surface area contributed by atoms with Gasteiger partial charge in [0.2, 0.25) is 0 Å². The molecule has 0 aliphatic heterocycles. The van der Waals surface area contributed by atoms with Crippen LogP contribution in [0.3, 0.4) is 0 Å². The zero-order chi connectivity index (χ0) is 18.5. The number of hydrogen-bond acceptors (Lipinski definition) is 5. The van der Waals surface area contributed by atoms with Gasteiger partial charge in [0, 0.05) is 23.7 Å². The number of ether oxygens (including phenoxy) is 1. The fourth-order valence-corrected chi connectivity index (χ4v) is 3.35. The Morgan fingerprint density at radius 3 is 2.50 bits per heavy atom. The summed E-state index contributed by atoms with van der Waals surface area (Å²) in [5.41, 5.74) is 4.58. The molecule has 0 saturated heterocycles. The Bertz CT molecular complexity index is 862. The van der Waals surface area contributed by atoms with E-state index in [1.165, 1.54) is 11.1 Å². The number of rotatable bonds is 7. The summed E-state index contributed by atoms with van der Waals surface area (Å²) in [4.78, 5) is 4.10. The molecule has 2 aromatic heterocycles. The van der Waals surface area contributed by atoms with E-state index in [1.54, 1.807) is 24.2 Å². The molecule has 3 rings (SSSR count). The summed E-state index contributed by atoms with van der Waals surface area (Å²) in [6.07, 6.45) is 3.79. The van der Waals surface area contributed by atoms with E-state index in [0.29, 0.717) is 6.61 Å². The lowest BCUT2D eigenvalue weighted by molar-refractivity contribution is 0.0920. The van der Waals surface area contributed by atoms with Gasteiger partial charge in [0.05, 0.1) is 18.4 Å². The first-order valence-corrected chi connectivity index (χ1v) is 9.72. The van der Waals surface area contributed by atoms with Gasteiger partial charge in [-0.1, -0.05) is 17.8 Å². The summed E-state index contributed by atoms with van der Waals surface area (Å²) in [5.74, 6) is 1.65. The second-order valence-corrected chi connectivity index (χ2v) is 7.48. The molecule has 0 unspecified atom stereocenters. The van der Waals surface area contributed by atoms with Crippen LogP contribution in [0.1, 0.15) is 25.0 Å². The lowest BCUT2D eigenvalue weighted by atomic mass is 10.1. The standard InChI is InChI=1S/C20H24N4OS/c1-14(2)25-11-12-26-20-23-22-19(17-7-9-21-10-8-17)24(20)18-6-5-15(3)16(4)13-18/h5-10,13-14H,11-12H2,1-4H3. The summed E-state index contributed by atoms with van der Waals surface area (Å²) in [7, 11) is 0. The van der Waals surface area contributed by atoms with Crippen molar-refractivity contribution >= 4 is 11.8 Å². The maximum Gasteiger partial charge on any atom is 0.196 e. The Morgan fingerprint density at radius 1 is 1.04 bits per heavy atom. The van der Waals surface area contributed by atoms with E-state index in [1.807, 2.05) is 26.0 Å². The molecule has 0 radical (unpaired) electrons. The van der Waals surface area contributed by atoms with Crippen LogP contribution in [0, 0.1) is 13.8 Å². The highest BCUT2D eigenvalue weighted by molar-refractivity contribution is 7.99. The maximum atomic E-state index is 5.65. The van der Waals surface area contributed by atoms with Gasteiger partial charge in [0.25, 0.3) is 0 Å². The SMILES string of the molecule is Cc1ccc(-n2c(SCCOC(C)C)nnc2-c2ccncc2)cc1C. The molecule has 0 aliphatic carbocycles. The largest absolute Gasteiger partial charge is 0.378 e. The monoisotopic (exact) mass is 368 g/mol. The first-order chi connectivity index (χ1) is 12.6. The number of nitrogens with zero attached hydrogens (tertiary/aromatic N) is 4. The van der Waals surface area contributed by atoms with Crippen molar-refractivity contribution in [3.8, 4) is 17.1 Å². The first-order valence-electron chi connectivity index (χ1n) is 8.74. The van der Waals surface area contributed by atoms with E-state index in [9.17, 15) is 0 Å². The van der Waals surface area contributed by atoms with E-state index in [0.717, 1.165) is 28.0 Å². The van der Waals surface area contributed by atoms with Gasteiger partial charge in [0.15, 0.2) is 11.0 Å². The number of pyridine rings is 1. The summed E-state index contributed by atoms with van der Waals surface area (Å²) < 4.78 is 7.76. The third kappa shape index (κ3) is 4.31. The average molecular weight is 369 g/mol. The van der Waals surface area contributed by atoms with Crippen LogP contribution in [0.15, 0.2) is 47.9 Å². The van der Waals surface area contributed by atoms with Crippen molar-refractivity contribution < 1.29 is 4.74 Å². The lowest BCUT2D eigenvalue weighted by Crippen LogP contribution is -2.06. The van der Waals surface area contributed by atoms with Crippen molar-refractivity contribution in [1.29, 1.82) is 0 Å². The van der Waals surface area contributed by atoms with Crippen LogP contribution in [-0.4, -0.2) is 38.2 Å². The number of thioether (sulfide) groups is 1. The summed E-state index contributed by atoms with van der Waals surface area (Å²) >= 11 is 1.66. The molecule has 2 heterocycles. The van der Waals surface area contributed by atoms with Gasteiger partial charge in [-0.3, -0.25) is 9.55 Å². The van der Waals surface area contributed by atoms with Crippen LogP contribution in [0.2, 0.25) is 0 Å². The van der Waals surface area contributed by atoms with E-state index >= 15 is 0 Å². The van der Waals surface area contributed by atoms with Crippen LogP contribution in [0.5, 0.6) is 0 Å². The minimum atomic E-state index is 0.237. The Kier molecular flexibility index (Phi) is 6.06. The zero-order valence-electron chi connectivity index (χ0n) is 15.6. The molecule has 0 saturated carbocycles. The highest BCUT2D eigenvalue weighted by Gasteiger charge is 2.16. The van der Waals surface area contributed by atoms with Gasteiger partial charge in [-0.25, -0.2) is 0 Å². The average Bonchev–Trinajstić information content (AvgIpc) is 3.05. The molecular weight excluding hydrogens is 344 g/mol. The summed E-state index contributed by atoms with van der Waals surface area (Å²) in [6.45, 7) is 9.02. The van der Waals surface area contributed by atoms with Gasteiger partial charge >= 0.3 is 0 Å². The van der Waals surface area contributed by atoms with Crippen molar-refractivity contribution in [1.82, 2.24) is 19.7 Å². The van der Waals surface area contributed by atoms with E-state index in [4.69, 9.17) is 4.74 Å². The topological polar surface area (TPSA) is 52.8 Å². The van der Waals surface area contributed by atoms with Crippen LogP contribution < -0.4 is 0 Å². The summed E-state index contributed by atoms with van der Waals surface area (Å²) in [6, 6.07) is 10.3. The molecule has 3 aromatic rings. The van der Waals surface area contributed by atoms with Gasteiger partial charge in [-0.05, 0) is 63.1 Å². The lowest BCUT2D eigenvalue weighted by Gasteiger charge is -2.12. The molecule has 6 heteroatoms. The third-order valence-electron chi connectivity index (χ3n) is 4.09. The zero-order valence-corrected chi connectivity index (χ0v) is 16.5. The van der Waals surface area contributed by atoms with Crippen LogP contribution in [0.4, 0.5) is 0 Å². The normalized spacial score (nSPS) is 11.3. The first kappa shape index (κ1) is 18.6. The predicted octanol–water partition coefficient (Wildman–Crippen LogP) is 4.46. The number of aryl methyl sites for hydroxylation is 2. The molecule has 5 nitrogen and oxygen atoms in total. The molecule has 1 aromatic carbocycles. The van der Waals surface area contributed by atoms with E-state index < -0.39 is 0 Å². The molecule has 0 N–H and O–H groups in total. The van der Waals surface area contributed by atoms with Crippen molar-refractivity contribution in [2.24, 2.45) is 0 Å². The number of benzene rings is 1. The highest BCUT2D eigenvalue weighted by atomic mass is 32.2. The van der Waals surface area contributed by atoms with Gasteiger partial charge in [-0.15, -0.1) is 10.2 Å². The molecule has 0 aliphatic rings. The highest BCUT2D eigenvalue weighted by Crippen LogP contribution is 2.28. The smallest absolute Gasteiger partial charge is 0.196 e. The molecule has 0 bridgehead atoms.